The van der Waals surface area contributed by atoms with Gasteiger partial charge in [0.25, 0.3) is 0 Å². The third-order valence-electron chi connectivity index (χ3n) is 1.52. The first-order chi connectivity index (χ1) is 5.81. The van der Waals surface area contributed by atoms with Gasteiger partial charge < -0.3 is 0 Å². The van der Waals surface area contributed by atoms with Crippen LogP contribution in [0.3, 0.4) is 0 Å². The van der Waals surface area contributed by atoms with E-state index in [1.165, 1.54) is 11.8 Å². The summed E-state index contributed by atoms with van der Waals surface area (Å²) in [6, 6.07) is 0. The van der Waals surface area contributed by atoms with E-state index in [-0.39, 0.29) is 0 Å². The Morgan fingerprint density at radius 2 is 2.17 bits per heavy atom. The Morgan fingerprint density at radius 1 is 1.33 bits per heavy atom. The first-order valence-corrected chi connectivity index (χ1v) is 4.63. The van der Waals surface area contributed by atoms with Gasteiger partial charge in [0.05, 0.1) is 5.69 Å². The SMILES string of the molecule is CSc1nnc2n[nH]c(C)c2n1. The molecule has 2 rings (SSSR count). The van der Waals surface area contributed by atoms with E-state index in [0.717, 1.165) is 11.2 Å². The number of nitrogens with one attached hydrogen (secondary N) is 1. The van der Waals surface area contributed by atoms with Crippen LogP contribution in [0.15, 0.2) is 5.16 Å². The van der Waals surface area contributed by atoms with Crippen LogP contribution in [0, 0.1) is 6.92 Å². The van der Waals surface area contributed by atoms with Crippen molar-refractivity contribution in [2.75, 3.05) is 6.26 Å². The lowest BCUT2D eigenvalue weighted by Gasteiger charge is -1.91. The van der Waals surface area contributed by atoms with Gasteiger partial charge in [-0.2, -0.15) is 5.10 Å². The summed E-state index contributed by atoms with van der Waals surface area (Å²) in [5, 5.41) is 15.2. The third kappa shape index (κ3) is 1.04. The van der Waals surface area contributed by atoms with Crippen LogP contribution in [-0.4, -0.2) is 31.6 Å². The van der Waals surface area contributed by atoms with Gasteiger partial charge >= 0.3 is 0 Å². The van der Waals surface area contributed by atoms with Crippen LogP contribution in [0.1, 0.15) is 5.69 Å². The minimum Gasteiger partial charge on any atom is -0.278 e. The number of hydrogen-bond donors (Lipinski definition) is 1. The van der Waals surface area contributed by atoms with Gasteiger partial charge in [0.15, 0.2) is 0 Å². The molecule has 0 spiro atoms. The van der Waals surface area contributed by atoms with E-state index in [9.17, 15) is 0 Å². The zero-order valence-corrected chi connectivity index (χ0v) is 7.51. The number of hydrogen-bond acceptors (Lipinski definition) is 5. The van der Waals surface area contributed by atoms with Gasteiger partial charge in [-0.1, -0.05) is 11.8 Å². The van der Waals surface area contributed by atoms with Crippen LogP contribution in [-0.2, 0) is 0 Å². The molecule has 0 aliphatic heterocycles. The van der Waals surface area contributed by atoms with Crippen molar-refractivity contribution in [2.45, 2.75) is 12.1 Å². The van der Waals surface area contributed by atoms with Gasteiger partial charge in [0.1, 0.15) is 5.52 Å². The predicted molar refractivity (Wildman–Crippen MR) is 46.0 cm³/mol. The molecule has 0 radical (unpaired) electrons. The highest BCUT2D eigenvalue weighted by Gasteiger charge is 2.05. The van der Waals surface area contributed by atoms with Crippen LogP contribution in [0.5, 0.6) is 0 Å². The fourth-order valence-electron chi connectivity index (χ4n) is 0.909. The molecule has 0 aliphatic rings. The number of fused-ring (bicyclic) bond motifs is 1. The monoisotopic (exact) mass is 181 g/mol. The summed E-state index contributed by atoms with van der Waals surface area (Å²) in [5.74, 6) is 0. The summed E-state index contributed by atoms with van der Waals surface area (Å²) in [7, 11) is 0. The average Bonchev–Trinajstić information content (AvgIpc) is 2.47. The van der Waals surface area contributed by atoms with Crippen LogP contribution in [0.2, 0.25) is 0 Å². The molecule has 0 fully saturated rings. The molecule has 6 heteroatoms. The van der Waals surface area contributed by atoms with E-state index >= 15 is 0 Å². The second-order valence-electron chi connectivity index (χ2n) is 2.32. The van der Waals surface area contributed by atoms with Gasteiger partial charge in [0.2, 0.25) is 10.8 Å². The molecule has 0 saturated carbocycles. The Kier molecular flexibility index (Phi) is 1.69. The second kappa shape index (κ2) is 2.71. The summed E-state index contributed by atoms with van der Waals surface area (Å²) in [6.45, 7) is 1.91. The third-order valence-corrected chi connectivity index (χ3v) is 2.05. The van der Waals surface area contributed by atoms with E-state index in [1.807, 2.05) is 13.2 Å². The topological polar surface area (TPSA) is 67.3 Å². The number of aryl methyl sites for hydroxylation is 1. The van der Waals surface area contributed by atoms with E-state index in [2.05, 4.69) is 25.4 Å². The summed E-state index contributed by atoms with van der Waals surface area (Å²) in [4.78, 5) is 4.25. The Balaban J connectivity index is 2.71. The van der Waals surface area contributed by atoms with Gasteiger partial charge in [-0.25, -0.2) is 4.98 Å². The molecular weight excluding hydrogens is 174 g/mol. The summed E-state index contributed by atoms with van der Waals surface area (Å²) in [5.41, 5.74) is 2.30. The molecule has 62 valence electrons. The lowest BCUT2D eigenvalue weighted by atomic mass is 10.4. The molecular formula is C6H7N5S. The maximum atomic E-state index is 4.25. The summed E-state index contributed by atoms with van der Waals surface area (Å²) in [6.07, 6.45) is 1.91. The fourth-order valence-corrected chi connectivity index (χ4v) is 1.21. The molecule has 0 aliphatic carbocycles. The predicted octanol–water partition coefficient (Wildman–Crippen LogP) is 0.778. The molecule has 0 aromatic carbocycles. The number of H-pyrrole nitrogens is 1. The number of thioether (sulfide) groups is 1. The molecule has 12 heavy (non-hydrogen) atoms. The van der Waals surface area contributed by atoms with Crippen molar-refractivity contribution in [2.24, 2.45) is 0 Å². The smallest absolute Gasteiger partial charge is 0.221 e. The van der Waals surface area contributed by atoms with Crippen molar-refractivity contribution >= 4 is 22.9 Å². The normalized spacial score (nSPS) is 10.8. The van der Waals surface area contributed by atoms with Crippen LogP contribution >= 0.6 is 11.8 Å². The zero-order chi connectivity index (χ0) is 8.55. The zero-order valence-electron chi connectivity index (χ0n) is 6.70. The summed E-state index contributed by atoms with van der Waals surface area (Å²) < 4.78 is 0. The molecule has 1 N–H and O–H groups in total. The molecule has 2 aromatic rings. The van der Waals surface area contributed by atoms with Gasteiger partial charge in [0, 0.05) is 0 Å². The molecule has 2 heterocycles. The van der Waals surface area contributed by atoms with Crippen LogP contribution in [0.4, 0.5) is 0 Å². The van der Waals surface area contributed by atoms with E-state index in [0.29, 0.717) is 10.8 Å². The minimum absolute atomic E-state index is 0.574. The standard InChI is InChI=1S/C6H7N5S/c1-3-4-5(9-8-3)10-11-6(7-4)12-2/h1-2H3,(H,8,9,10). The molecule has 0 saturated heterocycles. The lowest BCUT2D eigenvalue weighted by molar-refractivity contribution is 0.874. The van der Waals surface area contributed by atoms with Crippen LogP contribution in [0.25, 0.3) is 11.2 Å². The van der Waals surface area contributed by atoms with E-state index < -0.39 is 0 Å². The largest absolute Gasteiger partial charge is 0.278 e. The molecule has 5 nitrogen and oxygen atoms in total. The second-order valence-corrected chi connectivity index (χ2v) is 3.09. The number of nitrogens with zero attached hydrogens (tertiary/aromatic N) is 4. The van der Waals surface area contributed by atoms with Crippen molar-refractivity contribution in [1.29, 1.82) is 0 Å². The van der Waals surface area contributed by atoms with Crippen LogP contribution < -0.4 is 0 Å². The first kappa shape index (κ1) is 7.48. The number of aromatic nitrogens is 5. The first-order valence-electron chi connectivity index (χ1n) is 3.40. The van der Waals surface area contributed by atoms with Gasteiger partial charge in [-0.05, 0) is 13.2 Å². The highest BCUT2D eigenvalue weighted by molar-refractivity contribution is 7.98. The maximum absolute atomic E-state index is 4.25. The van der Waals surface area contributed by atoms with Crippen molar-refractivity contribution in [3.8, 4) is 0 Å². The molecule has 0 bridgehead atoms. The summed E-state index contributed by atoms with van der Waals surface area (Å²) >= 11 is 1.47. The molecule has 2 aromatic heterocycles. The van der Waals surface area contributed by atoms with Crippen molar-refractivity contribution in [1.82, 2.24) is 25.4 Å². The quantitative estimate of drug-likeness (QED) is 0.658. The van der Waals surface area contributed by atoms with Crippen molar-refractivity contribution in [3.05, 3.63) is 5.69 Å². The highest BCUT2D eigenvalue weighted by Crippen LogP contribution is 2.12. The lowest BCUT2D eigenvalue weighted by Crippen LogP contribution is -1.90. The van der Waals surface area contributed by atoms with E-state index in [4.69, 9.17) is 0 Å². The molecule has 0 amide bonds. The van der Waals surface area contributed by atoms with Gasteiger partial charge in [-0.15, -0.1) is 10.2 Å². The van der Waals surface area contributed by atoms with Gasteiger partial charge in [-0.3, -0.25) is 5.10 Å². The van der Waals surface area contributed by atoms with Crippen molar-refractivity contribution in [3.63, 3.8) is 0 Å². The Bertz CT molecular complexity index is 409. The van der Waals surface area contributed by atoms with E-state index in [1.54, 1.807) is 0 Å². The maximum Gasteiger partial charge on any atom is 0.221 e. The average molecular weight is 181 g/mol. The Morgan fingerprint density at radius 3 is 2.92 bits per heavy atom. The molecule has 0 atom stereocenters. The highest BCUT2D eigenvalue weighted by atomic mass is 32.2. The fraction of sp³-hybridized carbons (Fsp3) is 0.333. The Labute approximate surface area is 73.0 Å². The van der Waals surface area contributed by atoms with Crippen molar-refractivity contribution < 1.29 is 0 Å². The molecule has 0 unspecified atom stereocenters. The Hall–Kier alpha value is -1.17. The number of aromatic amines is 1. The minimum atomic E-state index is 0.574. The number of rotatable bonds is 1.